The number of nitrogens with zero attached hydrogens (tertiary/aromatic N) is 2. The van der Waals surface area contributed by atoms with Gasteiger partial charge >= 0.3 is 0 Å². The van der Waals surface area contributed by atoms with Crippen molar-refractivity contribution in [3.05, 3.63) is 18.0 Å². The lowest BCUT2D eigenvalue weighted by atomic mass is 9.52. The van der Waals surface area contributed by atoms with Crippen LogP contribution in [0.3, 0.4) is 0 Å². The largest absolute Gasteiger partial charge is 0.312 e. The van der Waals surface area contributed by atoms with E-state index in [1.807, 2.05) is 17.9 Å². The van der Waals surface area contributed by atoms with Crippen molar-refractivity contribution in [2.24, 2.45) is 36.6 Å². The van der Waals surface area contributed by atoms with Crippen molar-refractivity contribution in [2.45, 2.75) is 38.6 Å². The van der Waals surface area contributed by atoms with Gasteiger partial charge in [0.2, 0.25) is 0 Å². The van der Waals surface area contributed by atoms with Gasteiger partial charge in [-0.05, 0) is 68.2 Å². The third-order valence-corrected chi connectivity index (χ3v) is 5.89. The Kier molecular flexibility index (Phi) is 2.91. The van der Waals surface area contributed by atoms with Crippen LogP contribution in [0.25, 0.3) is 0 Å². The van der Waals surface area contributed by atoms with Gasteiger partial charge in [0.25, 0.3) is 0 Å². The summed E-state index contributed by atoms with van der Waals surface area (Å²) in [5.74, 6) is 5.23. The minimum atomic E-state index is 0.962. The van der Waals surface area contributed by atoms with Crippen LogP contribution in [0.1, 0.15) is 37.7 Å². The second kappa shape index (κ2) is 4.62. The van der Waals surface area contributed by atoms with Gasteiger partial charge in [0, 0.05) is 25.4 Å². The normalized spacial score (nSPS) is 39.9. The molecule has 0 saturated heterocycles. The molecule has 0 aromatic carbocycles. The predicted molar refractivity (Wildman–Crippen MR) is 75.4 cm³/mol. The van der Waals surface area contributed by atoms with Gasteiger partial charge in [-0.25, -0.2) is 0 Å². The van der Waals surface area contributed by atoms with Crippen LogP contribution in [0.15, 0.2) is 12.4 Å². The van der Waals surface area contributed by atoms with Gasteiger partial charge in [0.1, 0.15) is 0 Å². The zero-order valence-corrected chi connectivity index (χ0v) is 11.9. The molecule has 0 atom stereocenters. The van der Waals surface area contributed by atoms with Crippen LogP contribution in [0.4, 0.5) is 0 Å². The van der Waals surface area contributed by atoms with Gasteiger partial charge in [-0.3, -0.25) is 4.68 Å². The maximum absolute atomic E-state index is 4.23. The molecule has 19 heavy (non-hydrogen) atoms. The number of hydrogen-bond donors (Lipinski definition) is 1. The third-order valence-electron chi connectivity index (χ3n) is 5.89. The highest BCUT2D eigenvalue weighted by molar-refractivity contribution is 5.03. The van der Waals surface area contributed by atoms with Crippen molar-refractivity contribution in [2.75, 3.05) is 6.54 Å². The Morgan fingerprint density at radius 2 is 1.84 bits per heavy atom. The van der Waals surface area contributed by atoms with Crippen molar-refractivity contribution >= 4 is 0 Å². The molecule has 0 unspecified atom stereocenters. The van der Waals surface area contributed by atoms with Gasteiger partial charge in [-0.1, -0.05) is 0 Å². The van der Waals surface area contributed by atoms with Gasteiger partial charge in [-0.2, -0.15) is 5.10 Å². The molecular formula is C16H25N3. The Morgan fingerprint density at radius 1 is 1.16 bits per heavy atom. The molecule has 104 valence electrons. The Balaban J connectivity index is 1.33. The smallest absolute Gasteiger partial charge is 0.0534 e. The number of hydrogen-bond acceptors (Lipinski definition) is 2. The van der Waals surface area contributed by atoms with Crippen molar-refractivity contribution in [3.8, 4) is 0 Å². The highest BCUT2D eigenvalue weighted by Gasteiger charge is 2.47. The number of rotatable bonds is 4. The van der Waals surface area contributed by atoms with E-state index in [0.29, 0.717) is 0 Å². The van der Waals surface area contributed by atoms with Crippen LogP contribution in [-0.2, 0) is 13.6 Å². The van der Waals surface area contributed by atoms with E-state index in [9.17, 15) is 0 Å². The van der Waals surface area contributed by atoms with Gasteiger partial charge in [-0.15, -0.1) is 0 Å². The summed E-state index contributed by atoms with van der Waals surface area (Å²) < 4.78 is 1.89. The molecule has 4 aliphatic rings. The fourth-order valence-corrected chi connectivity index (χ4v) is 5.32. The van der Waals surface area contributed by atoms with Crippen molar-refractivity contribution in [1.82, 2.24) is 15.1 Å². The lowest BCUT2D eigenvalue weighted by molar-refractivity contribution is -0.0355. The van der Waals surface area contributed by atoms with Crippen LogP contribution in [0.5, 0.6) is 0 Å². The summed E-state index contributed by atoms with van der Waals surface area (Å²) in [6, 6.07) is 0. The van der Waals surface area contributed by atoms with Crippen LogP contribution in [-0.4, -0.2) is 16.3 Å². The van der Waals surface area contributed by atoms with E-state index in [1.54, 1.807) is 6.42 Å². The Bertz CT molecular complexity index is 423. The first-order chi connectivity index (χ1) is 9.28. The second-order valence-electron chi connectivity index (χ2n) is 7.25. The molecule has 0 spiro atoms. The quantitative estimate of drug-likeness (QED) is 0.900. The van der Waals surface area contributed by atoms with E-state index in [0.717, 1.165) is 36.1 Å². The lowest BCUT2D eigenvalue weighted by Gasteiger charge is -2.54. The molecule has 3 heteroatoms. The van der Waals surface area contributed by atoms with Gasteiger partial charge in [0.05, 0.1) is 6.20 Å². The van der Waals surface area contributed by atoms with Crippen molar-refractivity contribution in [1.29, 1.82) is 0 Å². The molecule has 4 fully saturated rings. The first kappa shape index (κ1) is 12.0. The monoisotopic (exact) mass is 259 g/mol. The zero-order valence-electron chi connectivity index (χ0n) is 11.9. The standard InChI is InChI=1S/C16H25N3/c1-19-10-13(8-18-19)7-17-9-16-14-3-11-2-12(5-14)6-15(16)4-11/h8,10-12,14-17H,2-7,9H2,1H3. The first-order valence-electron chi connectivity index (χ1n) is 7.96. The summed E-state index contributed by atoms with van der Waals surface area (Å²) in [6.07, 6.45) is 11.8. The average molecular weight is 259 g/mol. The number of aryl methyl sites for hydroxylation is 1. The van der Waals surface area contributed by atoms with Crippen molar-refractivity contribution in [3.63, 3.8) is 0 Å². The van der Waals surface area contributed by atoms with E-state index < -0.39 is 0 Å². The van der Waals surface area contributed by atoms with Crippen LogP contribution >= 0.6 is 0 Å². The maximum atomic E-state index is 4.23. The van der Waals surface area contributed by atoms with Crippen LogP contribution in [0, 0.1) is 29.6 Å². The summed E-state index contributed by atoms with van der Waals surface area (Å²) in [6.45, 7) is 2.21. The topological polar surface area (TPSA) is 29.9 Å². The molecule has 4 saturated carbocycles. The van der Waals surface area contributed by atoms with Crippen molar-refractivity contribution < 1.29 is 0 Å². The number of nitrogens with one attached hydrogen (secondary N) is 1. The van der Waals surface area contributed by atoms with E-state index in [1.165, 1.54) is 37.8 Å². The maximum Gasteiger partial charge on any atom is 0.0534 e. The fraction of sp³-hybridized carbons (Fsp3) is 0.812. The molecule has 1 aromatic heterocycles. The highest BCUT2D eigenvalue weighted by Crippen LogP contribution is 2.56. The molecule has 1 heterocycles. The zero-order chi connectivity index (χ0) is 12.8. The summed E-state index contributed by atoms with van der Waals surface area (Å²) >= 11 is 0. The van der Waals surface area contributed by atoms with Crippen LogP contribution < -0.4 is 5.32 Å². The SMILES string of the molecule is Cn1cc(CNCC2C3CC4CC(C3)CC2C4)cn1. The predicted octanol–water partition coefficient (Wildman–Crippen LogP) is 2.58. The van der Waals surface area contributed by atoms with E-state index >= 15 is 0 Å². The molecule has 4 bridgehead atoms. The summed E-state index contributed by atoms with van der Waals surface area (Å²) in [4.78, 5) is 0. The molecular weight excluding hydrogens is 234 g/mol. The Hall–Kier alpha value is -0.830. The fourth-order valence-electron chi connectivity index (χ4n) is 5.32. The first-order valence-corrected chi connectivity index (χ1v) is 7.96. The minimum absolute atomic E-state index is 0.962. The summed E-state index contributed by atoms with van der Waals surface area (Å²) in [7, 11) is 1.99. The van der Waals surface area contributed by atoms with Gasteiger partial charge in [0.15, 0.2) is 0 Å². The lowest BCUT2D eigenvalue weighted by Crippen LogP contribution is -2.48. The Morgan fingerprint density at radius 3 is 2.42 bits per heavy atom. The highest BCUT2D eigenvalue weighted by atomic mass is 15.2. The molecule has 0 radical (unpaired) electrons. The average Bonchev–Trinajstić information content (AvgIpc) is 2.78. The third kappa shape index (κ3) is 2.22. The Labute approximate surface area is 115 Å². The molecule has 5 rings (SSSR count). The van der Waals surface area contributed by atoms with Crippen LogP contribution in [0.2, 0.25) is 0 Å². The minimum Gasteiger partial charge on any atom is -0.312 e. The molecule has 3 nitrogen and oxygen atoms in total. The number of aromatic nitrogens is 2. The van der Waals surface area contributed by atoms with E-state index in [-0.39, 0.29) is 0 Å². The second-order valence-corrected chi connectivity index (χ2v) is 7.25. The molecule has 1 aromatic rings. The van der Waals surface area contributed by atoms with E-state index in [2.05, 4.69) is 16.6 Å². The van der Waals surface area contributed by atoms with Gasteiger partial charge < -0.3 is 5.32 Å². The molecule has 0 aliphatic heterocycles. The molecule has 4 aliphatic carbocycles. The summed E-state index contributed by atoms with van der Waals surface area (Å²) in [5, 5.41) is 7.92. The summed E-state index contributed by atoms with van der Waals surface area (Å²) in [5.41, 5.74) is 1.31. The van der Waals surface area contributed by atoms with E-state index in [4.69, 9.17) is 0 Å². The molecule has 1 N–H and O–H groups in total. The molecule has 0 amide bonds.